The number of amides is 2. The lowest BCUT2D eigenvalue weighted by Crippen LogP contribution is -2.51. The fourth-order valence-electron chi connectivity index (χ4n) is 2.36. The van der Waals surface area contributed by atoms with Crippen molar-refractivity contribution >= 4 is 11.8 Å². The maximum atomic E-state index is 12.3. The molecule has 1 aromatic rings. The van der Waals surface area contributed by atoms with Crippen LogP contribution < -0.4 is 4.74 Å². The van der Waals surface area contributed by atoms with Gasteiger partial charge in [0.1, 0.15) is 12.2 Å². The second kappa shape index (κ2) is 6.89. The highest BCUT2D eigenvalue weighted by Gasteiger charge is 2.34. The molecule has 23 heavy (non-hydrogen) atoms. The van der Waals surface area contributed by atoms with Crippen LogP contribution in [0.5, 0.6) is 5.75 Å². The van der Waals surface area contributed by atoms with E-state index in [1.54, 1.807) is 24.3 Å². The zero-order valence-corrected chi connectivity index (χ0v) is 12.6. The van der Waals surface area contributed by atoms with Crippen molar-refractivity contribution in [3.05, 3.63) is 29.8 Å². The Labute approximate surface area is 131 Å². The number of benzene rings is 1. The van der Waals surface area contributed by atoms with E-state index in [-0.39, 0.29) is 32.1 Å². The first-order chi connectivity index (χ1) is 10.8. The molecule has 0 spiro atoms. The number of alkyl halides is 3. The Bertz CT molecular complexity index is 564. The van der Waals surface area contributed by atoms with E-state index in [9.17, 15) is 22.8 Å². The summed E-state index contributed by atoms with van der Waals surface area (Å²) in [6.07, 6.45) is -5.97. The largest absolute Gasteiger partial charge is 0.497 e. The molecule has 1 saturated heterocycles. The first-order valence-electron chi connectivity index (χ1n) is 7.08. The Hall–Kier alpha value is -2.25. The van der Waals surface area contributed by atoms with E-state index >= 15 is 0 Å². The Morgan fingerprint density at radius 1 is 1.04 bits per heavy atom. The summed E-state index contributed by atoms with van der Waals surface area (Å²) in [7, 11) is 1.52. The van der Waals surface area contributed by atoms with Crippen molar-refractivity contribution in [1.82, 2.24) is 9.80 Å². The van der Waals surface area contributed by atoms with Gasteiger partial charge in [0.05, 0.1) is 7.11 Å². The molecule has 0 atom stereocenters. The number of hydrogen-bond acceptors (Lipinski definition) is 3. The van der Waals surface area contributed by atoms with E-state index in [1.807, 2.05) is 0 Å². The second-order valence-corrected chi connectivity index (χ2v) is 5.19. The minimum Gasteiger partial charge on any atom is -0.497 e. The Balaban J connectivity index is 1.90. The smallest absolute Gasteiger partial charge is 0.397 e. The summed E-state index contributed by atoms with van der Waals surface area (Å²) in [5.41, 5.74) is 0.473. The number of nitrogens with zero attached hydrogens (tertiary/aromatic N) is 2. The normalized spacial score (nSPS) is 15.5. The highest BCUT2D eigenvalue weighted by molar-refractivity contribution is 5.94. The van der Waals surface area contributed by atoms with Crippen LogP contribution in [0.4, 0.5) is 13.2 Å². The lowest BCUT2D eigenvalue weighted by atomic mass is 10.1. The van der Waals surface area contributed by atoms with E-state index in [4.69, 9.17) is 4.74 Å². The van der Waals surface area contributed by atoms with Crippen molar-refractivity contribution < 1.29 is 27.5 Å². The molecular weight excluding hydrogens is 313 g/mol. The van der Waals surface area contributed by atoms with Crippen molar-refractivity contribution in [2.45, 2.75) is 12.6 Å². The zero-order valence-electron chi connectivity index (χ0n) is 12.6. The van der Waals surface area contributed by atoms with Gasteiger partial charge < -0.3 is 14.5 Å². The molecule has 0 aliphatic carbocycles. The molecule has 1 aliphatic rings. The molecule has 2 amide bonds. The number of carbonyl (C=O) groups is 2. The van der Waals surface area contributed by atoms with Gasteiger partial charge in [0.15, 0.2) is 0 Å². The van der Waals surface area contributed by atoms with Crippen LogP contribution in [0.1, 0.15) is 16.8 Å². The van der Waals surface area contributed by atoms with Gasteiger partial charge in [-0.05, 0) is 24.3 Å². The van der Waals surface area contributed by atoms with Crippen molar-refractivity contribution in [3.63, 3.8) is 0 Å². The summed E-state index contributed by atoms with van der Waals surface area (Å²) >= 11 is 0. The Morgan fingerprint density at radius 2 is 1.57 bits per heavy atom. The molecular formula is C15H17F3N2O3. The van der Waals surface area contributed by atoms with Crippen molar-refractivity contribution in [3.8, 4) is 5.75 Å². The van der Waals surface area contributed by atoms with Gasteiger partial charge in [-0.1, -0.05) is 0 Å². The van der Waals surface area contributed by atoms with Crippen molar-refractivity contribution in [2.24, 2.45) is 0 Å². The maximum Gasteiger partial charge on any atom is 0.397 e. The standard InChI is InChI=1S/C15H17F3N2O3/c1-23-12-4-2-11(3-5-12)14(22)20-8-6-19(7-9-20)13(21)10-15(16,17)18/h2-5H,6-10H2,1H3. The number of piperazine rings is 1. The van der Waals surface area contributed by atoms with Gasteiger partial charge in [-0.2, -0.15) is 13.2 Å². The van der Waals surface area contributed by atoms with Crippen LogP contribution in [0.3, 0.4) is 0 Å². The summed E-state index contributed by atoms with van der Waals surface area (Å²) in [5.74, 6) is -0.534. The van der Waals surface area contributed by atoms with E-state index in [2.05, 4.69) is 0 Å². The van der Waals surface area contributed by atoms with Crippen molar-refractivity contribution in [1.29, 1.82) is 0 Å². The maximum absolute atomic E-state index is 12.3. The third-order valence-electron chi connectivity index (χ3n) is 3.61. The van der Waals surface area contributed by atoms with Gasteiger partial charge in [-0.15, -0.1) is 0 Å². The highest BCUT2D eigenvalue weighted by atomic mass is 19.4. The molecule has 0 aromatic heterocycles. The molecule has 1 aromatic carbocycles. The molecule has 0 N–H and O–H groups in total. The predicted octanol–water partition coefficient (Wildman–Crippen LogP) is 1.93. The average Bonchev–Trinajstić information content (AvgIpc) is 2.53. The van der Waals surface area contributed by atoms with Crippen LogP contribution >= 0.6 is 0 Å². The Kier molecular flexibility index (Phi) is 5.12. The molecule has 2 rings (SSSR count). The molecule has 0 saturated carbocycles. The van der Waals surface area contributed by atoms with E-state index in [1.165, 1.54) is 12.0 Å². The van der Waals surface area contributed by atoms with Crippen LogP contribution in [0.25, 0.3) is 0 Å². The third kappa shape index (κ3) is 4.61. The van der Waals surface area contributed by atoms with E-state index in [0.29, 0.717) is 11.3 Å². The van der Waals surface area contributed by atoms with Gasteiger partial charge >= 0.3 is 6.18 Å². The monoisotopic (exact) mass is 330 g/mol. The van der Waals surface area contributed by atoms with Crippen LogP contribution in [-0.4, -0.2) is 61.1 Å². The molecule has 1 fully saturated rings. The van der Waals surface area contributed by atoms with Gasteiger partial charge in [-0.3, -0.25) is 9.59 Å². The fourth-order valence-corrected chi connectivity index (χ4v) is 2.36. The van der Waals surface area contributed by atoms with Crippen molar-refractivity contribution in [2.75, 3.05) is 33.3 Å². The topological polar surface area (TPSA) is 49.9 Å². The molecule has 126 valence electrons. The van der Waals surface area contributed by atoms with E-state index in [0.717, 1.165) is 4.90 Å². The number of methoxy groups -OCH3 is 1. The van der Waals surface area contributed by atoms with Crippen LogP contribution in [0, 0.1) is 0 Å². The molecule has 1 heterocycles. The van der Waals surface area contributed by atoms with Crippen LogP contribution in [0.15, 0.2) is 24.3 Å². The highest BCUT2D eigenvalue weighted by Crippen LogP contribution is 2.21. The number of carbonyl (C=O) groups excluding carboxylic acids is 2. The zero-order chi connectivity index (χ0) is 17.0. The van der Waals surface area contributed by atoms with Crippen LogP contribution in [-0.2, 0) is 4.79 Å². The third-order valence-corrected chi connectivity index (χ3v) is 3.61. The Morgan fingerprint density at radius 3 is 2.04 bits per heavy atom. The number of hydrogen-bond donors (Lipinski definition) is 0. The van der Waals surface area contributed by atoms with Gasteiger partial charge in [0.25, 0.3) is 5.91 Å². The fraction of sp³-hybridized carbons (Fsp3) is 0.467. The number of ether oxygens (including phenoxy) is 1. The summed E-state index contributed by atoms with van der Waals surface area (Å²) in [5, 5.41) is 0. The molecule has 0 bridgehead atoms. The molecule has 0 unspecified atom stereocenters. The summed E-state index contributed by atoms with van der Waals surface area (Å²) in [6.45, 7) is 0.649. The minimum atomic E-state index is -4.51. The molecule has 5 nitrogen and oxygen atoms in total. The lowest BCUT2D eigenvalue weighted by Gasteiger charge is -2.35. The molecule has 0 radical (unpaired) electrons. The second-order valence-electron chi connectivity index (χ2n) is 5.19. The predicted molar refractivity (Wildman–Crippen MR) is 76.1 cm³/mol. The summed E-state index contributed by atoms with van der Waals surface area (Å²) in [4.78, 5) is 26.5. The number of halogens is 3. The molecule has 8 heteroatoms. The van der Waals surface area contributed by atoms with Gasteiger partial charge in [-0.25, -0.2) is 0 Å². The minimum absolute atomic E-state index is 0.108. The van der Waals surface area contributed by atoms with Crippen LogP contribution in [0.2, 0.25) is 0 Å². The van der Waals surface area contributed by atoms with E-state index < -0.39 is 18.5 Å². The molecule has 1 aliphatic heterocycles. The first kappa shape index (κ1) is 17.1. The SMILES string of the molecule is COc1ccc(C(=O)N2CCN(C(=O)CC(F)(F)F)CC2)cc1. The number of rotatable bonds is 3. The van der Waals surface area contributed by atoms with Gasteiger partial charge in [0.2, 0.25) is 5.91 Å². The summed E-state index contributed by atoms with van der Waals surface area (Å²) in [6, 6.07) is 6.58. The quantitative estimate of drug-likeness (QED) is 0.851. The van der Waals surface area contributed by atoms with Gasteiger partial charge in [0, 0.05) is 31.7 Å². The average molecular weight is 330 g/mol. The first-order valence-corrected chi connectivity index (χ1v) is 7.08. The lowest BCUT2D eigenvalue weighted by molar-refractivity contribution is -0.162. The summed E-state index contributed by atoms with van der Waals surface area (Å²) < 4.78 is 41.7.